The van der Waals surface area contributed by atoms with Gasteiger partial charge in [-0.3, -0.25) is 4.79 Å². The van der Waals surface area contributed by atoms with Gasteiger partial charge in [-0.25, -0.2) is 4.39 Å². The first-order valence-electron chi connectivity index (χ1n) is 5.94. The van der Waals surface area contributed by atoms with Crippen molar-refractivity contribution in [1.29, 1.82) is 0 Å². The van der Waals surface area contributed by atoms with E-state index in [0.29, 0.717) is 11.6 Å². The van der Waals surface area contributed by atoms with Crippen LogP contribution in [0.15, 0.2) is 18.2 Å². The predicted molar refractivity (Wildman–Crippen MR) is 76.0 cm³/mol. The van der Waals surface area contributed by atoms with Crippen LogP contribution in [0.3, 0.4) is 0 Å². The van der Waals surface area contributed by atoms with Gasteiger partial charge < -0.3 is 5.32 Å². The number of unbranched alkanes of at least 4 members (excludes halogenated alkanes) is 3. The summed E-state index contributed by atoms with van der Waals surface area (Å²) in [6.45, 7) is 0.573. The summed E-state index contributed by atoms with van der Waals surface area (Å²) in [7, 11) is 0. The monoisotopic (exact) mass is 335 g/mol. The second kappa shape index (κ2) is 8.48. The van der Waals surface area contributed by atoms with Crippen molar-refractivity contribution >= 4 is 33.4 Å². The van der Waals surface area contributed by atoms with E-state index in [1.54, 1.807) is 0 Å². The van der Waals surface area contributed by atoms with Gasteiger partial charge in [-0.05, 0) is 31.0 Å². The molecular formula is C13H16BrClFNO. The van der Waals surface area contributed by atoms with Crippen LogP contribution in [0, 0.1) is 5.82 Å². The van der Waals surface area contributed by atoms with Crippen molar-refractivity contribution in [2.24, 2.45) is 0 Å². The van der Waals surface area contributed by atoms with E-state index in [2.05, 4.69) is 21.2 Å². The molecule has 0 heterocycles. The van der Waals surface area contributed by atoms with Crippen LogP contribution in [-0.4, -0.2) is 17.8 Å². The first-order chi connectivity index (χ1) is 8.65. The van der Waals surface area contributed by atoms with Crippen LogP contribution in [0.5, 0.6) is 0 Å². The van der Waals surface area contributed by atoms with E-state index in [9.17, 15) is 9.18 Å². The highest BCUT2D eigenvalue weighted by atomic mass is 79.9. The van der Waals surface area contributed by atoms with Gasteiger partial charge >= 0.3 is 0 Å². The SMILES string of the molecule is O=C(NCCCCCCBr)c1ccc(Cl)cc1F. The third-order valence-corrected chi connectivity index (χ3v) is 3.32. The Balaban J connectivity index is 2.32. The number of hydrogen-bond acceptors (Lipinski definition) is 1. The number of rotatable bonds is 7. The highest BCUT2D eigenvalue weighted by molar-refractivity contribution is 9.09. The third kappa shape index (κ3) is 5.36. The number of carbonyl (C=O) groups is 1. The second-order valence-corrected chi connectivity index (χ2v) is 5.21. The van der Waals surface area contributed by atoms with Crippen molar-refractivity contribution in [2.45, 2.75) is 25.7 Å². The van der Waals surface area contributed by atoms with Crippen LogP contribution in [0.1, 0.15) is 36.0 Å². The van der Waals surface area contributed by atoms with Gasteiger partial charge in [0.25, 0.3) is 5.91 Å². The van der Waals surface area contributed by atoms with Crippen LogP contribution in [0.25, 0.3) is 0 Å². The van der Waals surface area contributed by atoms with Gasteiger partial charge in [-0.2, -0.15) is 0 Å². The molecule has 1 aromatic carbocycles. The minimum Gasteiger partial charge on any atom is -0.352 e. The molecule has 5 heteroatoms. The molecule has 0 unspecified atom stereocenters. The first-order valence-corrected chi connectivity index (χ1v) is 7.44. The topological polar surface area (TPSA) is 29.1 Å². The highest BCUT2D eigenvalue weighted by Gasteiger charge is 2.10. The first kappa shape index (κ1) is 15.4. The number of benzene rings is 1. The molecule has 0 aromatic heterocycles. The maximum absolute atomic E-state index is 13.4. The fourth-order valence-corrected chi connectivity index (χ4v) is 2.10. The van der Waals surface area contributed by atoms with E-state index >= 15 is 0 Å². The zero-order chi connectivity index (χ0) is 13.4. The molecule has 1 amide bonds. The molecule has 1 rings (SSSR count). The number of alkyl halides is 1. The summed E-state index contributed by atoms with van der Waals surface area (Å²) in [5, 5.41) is 4.00. The van der Waals surface area contributed by atoms with Gasteiger partial charge in [0, 0.05) is 16.9 Å². The van der Waals surface area contributed by atoms with Crippen molar-refractivity contribution in [3.05, 3.63) is 34.6 Å². The third-order valence-electron chi connectivity index (χ3n) is 2.52. The molecule has 0 bridgehead atoms. The molecule has 0 atom stereocenters. The molecule has 0 saturated heterocycles. The van der Waals surface area contributed by atoms with Crippen LogP contribution in [0.4, 0.5) is 4.39 Å². The van der Waals surface area contributed by atoms with E-state index in [-0.39, 0.29) is 11.5 Å². The van der Waals surface area contributed by atoms with Gasteiger partial charge in [0.2, 0.25) is 0 Å². The predicted octanol–water partition coefficient (Wildman–Crippen LogP) is 4.16. The van der Waals surface area contributed by atoms with Crippen LogP contribution < -0.4 is 5.32 Å². The van der Waals surface area contributed by atoms with Crippen LogP contribution in [0.2, 0.25) is 5.02 Å². The van der Waals surface area contributed by atoms with Gasteiger partial charge in [-0.1, -0.05) is 40.4 Å². The molecule has 0 spiro atoms. The largest absolute Gasteiger partial charge is 0.352 e. The van der Waals surface area contributed by atoms with Crippen LogP contribution in [-0.2, 0) is 0 Å². The van der Waals surface area contributed by atoms with Gasteiger partial charge in [0.15, 0.2) is 0 Å². The molecule has 0 aliphatic carbocycles. The minimum atomic E-state index is -0.584. The summed E-state index contributed by atoms with van der Waals surface area (Å²) in [6, 6.07) is 4.06. The summed E-state index contributed by atoms with van der Waals surface area (Å²) in [4.78, 5) is 11.7. The Morgan fingerprint density at radius 3 is 2.67 bits per heavy atom. The Hall–Kier alpha value is -0.610. The molecule has 0 aliphatic heterocycles. The molecule has 18 heavy (non-hydrogen) atoms. The van der Waals surface area contributed by atoms with Crippen molar-refractivity contribution in [2.75, 3.05) is 11.9 Å². The van der Waals surface area contributed by atoms with Gasteiger partial charge in [0.05, 0.1) is 5.56 Å². The average Bonchev–Trinajstić information content (AvgIpc) is 2.33. The second-order valence-electron chi connectivity index (χ2n) is 3.98. The van der Waals surface area contributed by atoms with E-state index in [4.69, 9.17) is 11.6 Å². The van der Waals surface area contributed by atoms with E-state index < -0.39 is 5.82 Å². The molecule has 0 radical (unpaired) electrons. The normalized spacial score (nSPS) is 10.4. The highest BCUT2D eigenvalue weighted by Crippen LogP contribution is 2.14. The fourth-order valence-electron chi connectivity index (χ4n) is 1.54. The average molecular weight is 337 g/mol. The Morgan fingerprint density at radius 1 is 1.28 bits per heavy atom. The van der Waals surface area contributed by atoms with Crippen molar-refractivity contribution in [1.82, 2.24) is 5.32 Å². The number of carbonyl (C=O) groups excluding carboxylic acids is 1. The fraction of sp³-hybridized carbons (Fsp3) is 0.462. The van der Waals surface area contributed by atoms with E-state index in [1.165, 1.54) is 12.1 Å². The molecule has 2 nitrogen and oxygen atoms in total. The summed E-state index contributed by atoms with van der Waals surface area (Å²) >= 11 is 8.99. The standard InChI is InChI=1S/C13H16BrClFNO/c14-7-3-1-2-4-8-17-13(18)11-6-5-10(15)9-12(11)16/h5-6,9H,1-4,7-8H2,(H,17,18). The van der Waals surface area contributed by atoms with E-state index in [1.807, 2.05) is 0 Å². The number of hydrogen-bond donors (Lipinski definition) is 1. The Labute approximate surface area is 120 Å². The lowest BCUT2D eigenvalue weighted by molar-refractivity contribution is 0.0949. The van der Waals surface area contributed by atoms with Crippen molar-refractivity contribution in [3.63, 3.8) is 0 Å². The molecule has 1 aromatic rings. The van der Waals surface area contributed by atoms with Crippen LogP contribution >= 0.6 is 27.5 Å². The maximum Gasteiger partial charge on any atom is 0.254 e. The molecule has 100 valence electrons. The zero-order valence-electron chi connectivity index (χ0n) is 10.0. The molecule has 0 aliphatic rings. The van der Waals surface area contributed by atoms with Crippen molar-refractivity contribution in [3.8, 4) is 0 Å². The lowest BCUT2D eigenvalue weighted by atomic mass is 10.2. The van der Waals surface area contributed by atoms with Gasteiger partial charge in [-0.15, -0.1) is 0 Å². The zero-order valence-corrected chi connectivity index (χ0v) is 12.4. The minimum absolute atomic E-state index is 0.0415. The van der Waals surface area contributed by atoms with E-state index in [0.717, 1.165) is 37.1 Å². The summed E-state index contributed by atoms with van der Waals surface area (Å²) < 4.78 is 13.4. The quantitative estimate of drug-likeness (QED) is 0.588. The number of amides is 1. The molecular weight excluding hydrogens is 321 g/mol. The Kier molecular flexibility index (Phi) is 7.28. The lowest BCUT2D eigenvalue weighted by Gasteiger charge is -2.06. The Bertz CT molecular complexity index is 401. The molecule has 1 N–H and O–H groups in total. The number of nitrogens with one attached hydrogen (secondary N) is 1. The Morgan fingerprint density at radius 2 is 2.00 bits per heavy atom. The summed E-state index contributed by atoms with van der Waals surface area (Å²) in [5.74, 6) is -0.969. The molecule has 0 saturated carbocycles. The maximum atomic E-state index is 13.4. The summed E-state index contributed by atoms with van der Waals surface area (Å²) in [5.41, 5.74) is 0.0415. The smallest absolute Gasteiger partial charge is 0.254 e. The van der Waals surface area contributed by atoms with Crippen molar-refractivity contribution < 1.29 is 9.18 Å². The lowest BCUT2D eigenvalue weighted by Crippen LogP contribution is -2.25. The molecule has 0 fully saturated rings. The summed E-state index contributed by atoms with van der Waals surface area (Å²) in [6.07, 6.45) is 4.25. The number of halogens is 3. The van der Waals surface area contributed by atoms with Gasteiger partial charge in [0.1, 0.15) is 5.82 Å².